The third-order valence-electron chi connectivity index (χ3n) is 4.45. The summed E-state index contributed by atoms with van der Waals surface area (Å²) in [6.45, 7) is 1.78. The average molecular weight is 428 g/mol. The van der Waals surface area contributed by atoms with E-state index in [-0.39, 0.29) is 17.4 Å². The van der Waals surface area contributed by atoms with Crippen LogP contribution in [0.3, 0.4) is 0 Å². The molecular weight excluding hydrogens is 407 g/mol. The molecule has 0 saturated carbocycles. The van der Waals surface area contributed by atoms with Crippen molar-refractivity contribution in [2.24, 2.45) is 7.05 Å². The van der Waals surface area contributed by atoms with E-state index in [0.717, 1.165) is 0 Å². The normalized spacial score (nSPS) is 11.7. The van der Waals surface area contributed by atoms with Gasteiger partial charge in [0.25, 0.3) is 5.91 Å². The highest BCUT2D eigenvalue weighted by Gasteiger charge is 2.19. The van der Waals surface area contributed by atoms with E-state index in [2.05, 4.69) is 15.5 Å². The quantitative estimate of drug-likeness (QED) is 0.437. The predicted molar refractivity (Wildman–Crippen MR) is 111 cm³/mol. The lowest BCUT2D eigenvalue weighted by Gasteiger charge is -2.13. The number of carbonyl (C=O) groups excluding carboxylic acids is 2. The third-order valence-corrected chi connectivity index (χ3v) is 5.47. The average Bonchev–Trinajstić information content (AvgIpc) is 3.12. The van der Waals surface area contributed by atoms with Crippen molar-refractivity contribution in [1.82, 2.24) is 20.1 Å². The molecular formula is C21H21FN4O3S. The molecule has 1 atom stereocenters. The molecule has 0 fully saturated rings. The van der Waals surface area contributed by atoms with Crippen LogP contribution in [0.2, 0.25) is 0 Å². The maximum Gasteiger partial charge on any atom is 0.251 e. The lowest BCUT2D eigenvalue weighted by Crippen LogP contribution is -2.28. The third kappa shape index (κ3) is 5.04. The second kappa shape index (κ2) is 9.53. The number of methoxy groups -OCH3 is 1. The lowest BCUT2D eigenvalue weighted by molar-refractivity contribution is 0.0937. The van der Waals surface area contributed by atoms with Crippen molar-refractivity contribution >= 4 is 23.5 Å². The van der Waals surface area contributed by atoms with Gasteiger partial charge < -0.3 is 14.6 Å². The SMILES string of the molecule is COc1ccc(C(=O)CSc2nnc([C@H](C)NC(=O)c3ccc(F)cc3)n2C)cc1. The van der Waals surface area contributed by atoms with Gasteiger partial charge in [-0.15, -0.1) is 10.2 Å². The highest BCUT2D eigenvalue weighted by molar-refractivity contribution is 7.99. The van der Waals surface area contributed by atoms with Gasteiger partial charge in [0.05, 0.1) is 18.9 Å². The molecule has 7 nitrogen and oxygen atoms in total. The summed E-state index contributed by atoms with van der Waals surface area (Å²) in [5.74, 6) is 0.658. The largest absolute Gasteiger partial charge is 0.497 e. The van der Waals surface area contributed by atoms with Gasteiger partial charge in [-0.3, -0.25) is 9.59 Å². The Bertz CT molecular complexity index is 1040. The van der Waals surface area contributed by atoms with Crippen molar-refractivity contribution < 1.29 is 18.7 Å². The van der Waals surface area contributed by atoms with Crippen LogP contribution in [0.5, 0.6) is 5.75 Å². The highest BCUT2D eigenvalue weighted by atomic mass is 32.2. The first-order valence-electron chi connectivity index (χ1n) is 9.15. The zero-order chi connectivity index (χ0) is 21.7. The Morgan fingerprint density at radius 1 is 1.10 bits per heavy atom. The van der Waals surface area contributed by atoms with E-state index in [1.165, 1.54) is 36.0 Å². The van der Waals surface area contributed by atoms with Crippen LogP contribution in [0.1, 0.15) is 39.5 Å². The summed E-state index contributed by atoms with van der Waals surface area (Å²) in [5, 5.41) is 11.6. The molecule has 0 aliphatic carbocycles. The first-order chi connectivity index (χ1) is 14.4. The molecule has 3 rings (SSSR count). The van der Waals surface area contributed by atoms with Crippen molar-refractivity contribution in [3.63, 3.8) is 0 Å². The monoisotopic (exact) mass is 428 g/mol. The number of thioether (sulfide) groups is 1. The van der Waals surface area contributed by atoms with Crippen LogP contribution in [0, 0.1) is 5.82 Å². The number of nitrogens with zero attached hydrogens (tertiary/aromatic N) is 3. The molecule has 0 unspecified atom stereocenters. The van der Waals surface area contributed by atoms with Crippen molar-refractivity contribution in [1.29, 1.82) is 0 Å². The fraction of sp³-hybridized carbons (Fsp3) is 0.238. The molecule has 0 aliphatic rings. The number of amides is 1. The van der Waals surface area contributed by atoms with E-state index in [1.54, 1.807) is 49.9 Å². The molecule has 1 heterocycles. The molecule has 9 heteroatoms. The van der Waals surface area contributed by atoms with Crippen molar-refractivity contribution in [2.75, 3.05) is 12.9 Å². The van der Waals surface area contributed by atoms with Crippen LogP contribution in [0.25, 0.3) is 0 Å². The van der Waals surface area contributed by atoms with E-state index < -0.39 is 11.9 Å². The molecule has 2 aromatic carbocycles. The van der Waals surface area contributed by atoms with Gasteiger partial charge in [-0.05, 0) is 55.5 Å². The molecule has 1 aromatic heterocycles. The van der Waals surface area contributed by atoms with E-state index in [0.29, 0.717) is 27.9 Å². The summed E-state index contributed by atoms with van der Waals surface area (Å²) < 4.78 is 19.9. The van der Waals surface area contributed by atoms with Crippen LogP contribution in [-0.2, 0) is 7.05 Å². The Balaban J connectivity index is 1.61. The predicted octanol–water partition coefficient (Wildman–Crippen LogP) is 3.43. The van der Waals surface area contributed by atoms with E-state index in [1.807, 2.05) is 0 Å². The summed E-state index contributed by atoms with van der Waals surface area (Å²) in [7, 11) is 3.34. The first-order valence-corrected chi connectivity index (χ1v) is 10.1. The number of halogens is 1. The summed E-state index contributed by atoms with van der Waals surface area (Å²) in [5.41, 5.74) is 0.940. The highest BCUT2D eigenvalue weighted by Crippen LogP contribution is 2.21. The van der Waals surface area contributed by atoms with Gasteiger partial charge in [0.1, 0.15) is 11.6 Å². The fourth-order valence-electron chi connectivity index (χ4n) is 2.77. The van der Waals surface area contributed by atoms with Gasteiger partial charge >= 0.3 is 0 Å². The van der Waals surface area contributed by atoms with Crippen molar-refractivity contribution in [2.45, 2.75) is 18.1 Å². The van der Waals surface area contributed by atoms with Gasteiger partial charge in [-0.25, -0.2) is 4.39 Å². The zero-order valence-corrected chi connectivity index (χ0v) is 17.6. The fourth-order valence-corrected chi connectivity index (χ4v) is 3.58. The van der Waals surface area contributed by atoms with Gasteiger partial charge in [-0.1, -0.05) is 11.8 Å². The molecule has 156 valence electrons. The molecule has 0 bridgehead atoms. The number of benzene rings is 2. The van der Waals surface area contributed by atoms with E-state index in [4.69, 9.17) is 4.74 Å². The Hall–Kier alpha value is -3.20. The molecule has 0 spiro atoms. The topological polar surface area (TPSA) is 86.1 Å². The standard InChI is InChI=1S/C21H21FN4O3S/c1-13(23-20(28)15-4-8-16(22)9-5-15)19-24-25-21(26(19)2)30-12-18(27)14-6-10-17(29-3)11-7-14/h4-11,13H,12H2,1-3H3,(H,23,28)/t13-/m0/s1. The number of aromatic nitrogens is 3. The summed E-state index contributed by atoms with van der Waals surface area (Å²) in [6, 6.07) is 11.8. The Labute approximate surface area is 177 Å². The molecule has 30 heavy (non-hydrogen) atoms. The Morgan fingerprint density at radius 2 is 1.73 bits per heavy atom. The van der Waals surface area contributed by atoms with Crippen molar-refractivity contribution in [3.05, 3.63) is 71.3 Å². The summed E-state index contributed by atoms with van der Waals surface area (Å²) in [4.78, 5) is 24.7. The number of nitrogens with one attached hydrogen (secondary N) is 1. The smallest absolute Gasteiger partial charge is 0.251 e. The summed E-state index contributed by atoms with van der Waals surface area (Å²) >= 11 is 1.27. The minimum absolute atomic E-state index is 0.0372. The number of hydrogen-bond acceptors (Lipinski definition) is 6. The van der Waals surface area contributed by atoms with Gasteiger partial charge in [0.2, 0.25) is 0 Å². The van der Waals surface area contributed by atoms with Crippen molar-refractivity contribution in [3.8, 4) is 5.75 Å². The van der Waals surface area contributed by atoms with Crippen LogP contribution in [0.15, 0.2) is 53.7 Å². The number of rotatable bonds is 8. The summed E-state index contributed by atoms with van der Waals surface area (Å²) in [6.07, 6.45) is 0. The van der Waals surface area contributed by atoms with E-state index >= 15 is 0 Å². The zero-order valence-electron chi connectivity index (χ0n) is 16.8. The van der Waals surface area contributed by atoms with Gasteiger partial charge in [-0.2, -0.15) is 0 Å². The number of Topliss-reactive ketones (excluding diaryl/α,β-unsaturated/α-hetero) is 1. The molecule has 0 saturated heterocycles. The number of carbonyl (C=O) groups is 2. The second-order valence-corrected chi connectivity index (χ2v) is 7.48. The van der Waals surface area contributed by atoms with Crippen LogP contribution < -0.4 is 10.1 Å². The van der Waals surface area contributed by atoms with Crippen LogP contribution in [0.4, 0.5) is 4.39 Å². The lowest BCUT2D eigenvalue weighted by atomic mass is 10.1. The molecule has 3 aromatic rings. The maximum atomic E-state index is 13.0. The Morgan fingerprint density at radius 3 is 2.37 bits per heavy atom. The van der Waals surface area contributed by atoms with Gasteiger partial charge in [0.15, 0.2) is 16.8 Å². The molecule has 0 aliphatic heterocycles. The second-order valence-electron chi connectivity index (χ2n) is 6.54. The van der Waals surface area contributed by atoms with Crippen LogP contribution in [-0.4, -0.2) is 39.3 Å². The molecule has 1 N–H and O–H groups in total. The maximum absolute atomic E-state index is 13.0. The minimum Gasteiger partial charge on any atom is -0.497 e. The number of hydrogen-bond donors (Lipinski definition) is 1. The van der Waals surface area contributed by atoms with E-state index in [9.17, 15) is 14.0 Å². The first kappa shape index (κ1) is 21.5. The number of ketones is 1. The molecule has 0 radical (unpaired) electrons. The molecule has 1 amide bonds. The minimum atomic E-state index is -0.424. The number of ether oxygens (including phenoxy) is 1. The van der Waals surface area contributed by atoms with Crippen LogP contribution >= 0.6 is 11.8 Å². The van der Waals surface area contributed by atoms with Gasteiger partial charge in [0, 0.05) is 18.2 Å². The Kier molecular flexibility index (Phi) is 6.83.